The van der Waals surface area contributed by atoms with Gasteiger partial charge in [-0.2, -0.15) is 0 Å². The summed E-state index contributed by atoms with van der Waals surface area (Å²) >= 11 is 0. The first-order valence-electron chi connectivity index (χ1n) is 11.9. The Labute approximate surface area is 200 Å². The van der Waals surface area contributed by atoms with E-state index in [1.807, 2.05) is 13.3 Å². The lowest BCUT2D eigenvalue weighted by Gasteiger charge is -2.22. The van der Waals surface area contributed by atoms with Gasteiger partial charge in [0.15, 0.2) is 0 Å². The van der Waals surface area contributed by atoms with Crippen molar-refractivity contribution < 1.29 is 4.57 Å². The van der Waals surface area contributed by atoms with Crippen molar-refractivity contribution in [1.82, 2.24) is 0 Å². The molecule has 0 radical (unpaired) electrons. The summed E-state index contributed by atoms with van der Waals surface area (Å²) in [6.45, 7) is 3.75. The summed E-state index contributed by atoms with van der Waals surface area (Å²) in [5.74, 6) is 0. The third-order valence-electron chi connectivity index (χ3n) is 7.13. The molecule has 0 heterocycles. The van der Waals surface area contributed by atoms with Crippen molar-refractivity contribution in [2.45, 2.75) is 12.8 Å². The quantitative estimate of drug-likeness (QED) is 0.194. The highest BCUT2D eigenvalue weighted by Crippen LogP contribution is 2.52. The molecule has 166 valence electrons. The van der Waals surface area contributed by atoms with Crippen molar-refractivity contribution >= 4 is 45.0 Å². The van der Waals surface area contributed by atoms with Crippen LogP contribution in [0.2, 0.25) is 0 Å². The molecule has 5 aromatic carbocycles. The average molecular weight is 459 g/mol. The maximum absolute atomic E-state index is 12.6. The maximum Gasteiger partial charge on any atom is 0.105 e. The van der Waals surface area contributed by atoms with Gasteiger partial charge in [0.05, 0.1) is 0 Å². The van der Waals surface area contributed by atoms with Crippen molar-refractivity contribution in [2.24, 2.45) is 0 Å². The zero-order chi connectivity index (χ0) is 23.3. The van der Waals surface area contributed by atoms with Crippen LogP contribution in [0.5, 0.6) is 0 Å². The van der Waals surface area contributed by atoms with Crippen LogP contribution in [0, 0.1) is 0 Å². The summed E-state index contributed by atoms with van der Waals surface area (Å²) < 4.78 is 12.6. The van der Waals surface area contributed by atoms with Crippen LogP contribution in [0.4, 0.5) is 0 Å². The van der Waals surface area contributed by atoms with Gasteiger partial charge in [0.1, 0.15) is 7.14 Å². The molecule has 0 fully saturated rings. The standard InChI is InChI=1S/C32H27OP/c1-34(2,33)24-20-18-23(19-21-24)31-27-13-5-7-15-29(27)32(30-16-8-6-14-28(30)31)26-17-9-11-22-10-3-4-12-25(22)26/h3-18,20H,19,21H2,1-2H3. The molecule has 1 aliphatic rings. The molecule has 0 atom stereocenters. The SMILES string of the molecule is CP(C)(=O)C1=CC=C(c2c3ccccc3c(-c3cccc4ccccc34)c3ccccc23)CC1. The molecule has 0 bridgehead atoms. The molecular formula is C32H27OP. The number of allylic oxidation sites excluding steroid dienone is 4. The number of benzene rings is 5. The van der Waals surface area contributed by atoms with Crippen molar-refractivity contribution in [2.75, 3.05) is 13.3 Å². The summed E-state index contributed by atoms with van der Waals surface area (Å²) in [6, 6.07) is 32.9. The monoisotopic (exact) mass is 458 g/mol. The van der Waals surface area contributed by atoms with E-state index in [9.17, 15) is 4.57 Å². The van der Waals surface area contributed by atoms with E-state index in [0.29, 0.717) is 0 Å². The van der Waals surface area contributed by atoms with E-state index in [0.717, 1.165) is 18.2 Å². The van der Waals surface area contributed by atoms with Gasteiger partial charge in [0.2, 0.25) is 0 Å². The lowest BCUT2D eigenvalue weighted by molar-refractivity contribution is 0.585. The van der Waals surface area contributed by atoms with Gasteiger partial charge in [-0.3, -0.25) is 0 Å². The van der Waals surface area contributed by atoms with Crippen molar-refractivity contribution in [1.29, 1.82) is 0 Å². The molecule has 0 saturated carbocycles. The van der Waals surface area contributed by atoms with E-state index in [1.165, 1.54) is 54.6 Å². The molecule has 34 heavy (non-hydrogen) atoms. The Morgan fingerprint density at radius 1 is 0.559 bits per heavy atom. The molecule has 0 unspecified atom stereocenters. The molecule has 6 rings (SSSR count). The van der Waals surface area contributed by atoms with Crippen LogP contribution in [-0.2, 0) is 4.57 Å². The highest BCUT2D eigenvalue weighted by molar-refractivity contribution is 7.66. The van der Waals surface area contributed by atoms with Gasteiger partial charge in [-0.25, -0.2) is 0 Å². The molecule has 0 saturated heterocycles. The first kappa shape index (κ1) is 21.1. The minimum Gasteiger partial charge on any atom is -0.320 e. The van der Waals surface area contributed by atoms with E-state index in [1.54, 1.807) is 0 Å². The summed E-state index contributed by atoms with van der Waals surface area (Å²) in [5.41, 5.74) is 5.21. The molecule has 1 nitrogen and oxygen atoms in total. The molecular weight excluding hydrogens is 431 g/mol. The predicted octanol–water partition coefficient (Wildman–Crippen LogP) is 9.50. The smallest absolute Gasteiger partial charge is 0.105 e. The molecule has 2 heteroatoms. The molecule has 0 amide bonds. The second-order valence-electron chi connectivity index (χ2n) is 9.57. The highest BCUT2D eigenvalue weighted by atomic mass is 31.2. The van der Waals surface area contributed by atoms with Crippen LogP contribution < -0.4 is 0 Å². The van der Waals surface area contributed by atoms with Gasteiger partial charge in [-0.1, -0.05) is 103 Å². The normalized spacial score (nSPS) is 14.4. The first-order chi connectivity index (χ1) is 16.5. The fourth-order valence-corrected chi connectivity index (χ4v) is 6.58. The Morgan fingerprint density at radius 3 is 1.65 bits per heavy atom. The minimum absolute atomic E-state index is 0.865. The van der Waals surface area contributed by atoms with Crippen LogP contribution in [-0.4, -0.2) is 13.3 Å². The average Bonchev–Trinajstić information content (AvgIpc) is 2.86. The van der Waals surface area contributed by atoms with Crippen LogP contribution in [0.25, 0.3) is 49.0 Å². The van der Waals surface area contributed by atoms with Gasteiger partial charge >= 0.3 is 0 Å². The van der Waals surface area contributed by atoms with E-state index in [-0.39, 0.29) is 0 Å². The fourth-order valence-electron chi connectivity index (χ4n) is 5.49. The zero-order valence-corrected chi connectivity index (χ0v) is 20.5. The van der Waals surface area contributed by atoms with Crippen LogP contribution in [0.1, 0.15) is 18.4 Å². The molecule has 0 aromatic heterocycles. The number of rotatable bonds is 3. The van der Waals surface area contributed by atoms with Crippen LogP contribution in [0.3, 0.4) is 0 Å². The Morgan fingerprint density at radius 2 is 1.09 bits per heavy atom. The first-order valence-corrected chi connectivity index (χ1v) is 14.5. The maximum atomic E-state index is 12.6. The largest absolute Gasteiger partial charge is 0.320 e. The van der Waals surface area contributed by atoms with Crippen molar-refractivity contribution in [3.05, 3.63) is 114 Å². The highest BCUT2D eigenvalue weighted by Gasteiger charge is 2.22. The second kappa shape index (κ2) is 8.12. The van der Waals surface area contributed by atoms with Crippen molar-refractivity contribution in [3.63, 3.8) is 0 Å². The minimum atomic E-state index is -2.21. The Hall–Kier alpha value is -3.41. The van der Waals surface area contributed by atoms with Gasteiger partial charge in [-0.15, -0.1) is 0 Å². The second-order valence-corrected chi connectivity index (χ2v) is 12.8. The van der Waals surface area contributed by atoms with E-state index in [4.69, 9.17) is 0 Å². The summed E-state index contributed by atoms with van der Waals surface area (Å²) in [6.07, 6.45) is 6.11. The lowest BCUT2D eigenvalue weighted by atomic mass is 9.83. The third kappa shape index (κ3) is 3.44. The van der Waals surface area contributed by atoms with Crippen molar-refractivity contribution in [3.8, 4) is 11.1 Å². The molecule has 5 aromatic rings. The van der Waals surface area contributed by atoms with E-state index < -0.39 is 7.14 Å². The molecule has 1 aliphatic carbocycles. The molecule has 0 N–H and O–H groups in total. The van der Waals surface area contributed by atoms with Crippen LogP contribution in [0.15, 0.2) is 108 Å². The van der Waals surface area contributed by atoms with Gasteiger partial charge in [-0.05, 0) is 86.1 Å². The van der Waals surface area contributed by atoms with Gasteiger partial charge in [0.25, 0.3) is 0 Å². The van der Waals surface area contributed by atoms with Crippen LogP contribution >= 0.6 is 7.14 Å². The fraction of sp³-hybridized carbons (Fsp3) is 0.125. The summed E-state index contributed by atoms with van der Waals surface area (Å²) in [4.78, 5) is 0. The number of hydrogen-bond acceptors (Lipinski definition) is 1. The van der Waals surface area contributed by atoms with E-state index >= 15 is 0 Å². The Bertz CT molecular complexity index is 1640. The number of fused-ring (bicyclic) bond motifs is 3. The molecule has 0 aliphatic heterocycles. The van der Waals surface area contributed by atoms with Gasteiger partial charge in [0, 0.05) is 0 Å². The number of hydrogen-bond donors (Lipinski definition) is 0. The third-order valence-corrected chi connectivity index (χ3v) is 8.89. The lowest BCUT2D eigenvalue weighted by Crippen LogP contribution is -1.98. The van der Waals surface area contributed by atoms with E-state index in [2.05, 4.69) is 103 Å². The molecule has 0 spiro atoms. The predicted molar refractivity (Wildman–Crippen MR) is 149 cm³/mol. The topological polar surface area (TPSA) is 17.1 Å². The summed E-state index contributed by atoms with van der Waals surface area (Å²) in [7, 11) is -2.21. The summed E-state index contributed by atoms with van der Waals surface area (Å²) in [5, 5.41) is 8.75. The zero-order valence-electron chi connectivity index (χ0n) is 19.6. The van der Waals surface area contributed by atoms with Gasteiger partial charge < -0.3 is 4.57 Å². The Kier molecular flexibility index (Phi) is 5.05. The Balaban J connectivity index is 1.72.